The lowest BCUT2D eigenvalue weighted by atomic mass is 10.1. The van der Waals surface area contributed by atoms with Gasteiger partial charge in [-0.3, -0.25) is 5.84 Å². The molecular formula is C15H21FN2O. The van der Waals surface area contributed by atoms with E-state index in [9.17, 15) is 4.39 Å². The fourth-order valence-corrected chi connectivity index (χ4v) is 2.30. The normalized spacial score (nSPS) is 13.0. The molecule has 0 aliphatic heterocycles. The number of hydrazine groups is 1. The summed E-state index contributed by atoms with van der Waals surface area (Å²) in [5.74, 6) is 5.95. The van der Waals surface area contributed by atoms with E-state index in [0.29, 0.717) is 11.3 Å². The van der Waals surface area contributed by atoms with Crippen LogP contribution >= 0.6 is 0 Å². The van der Waals surface area contributed by atoms with Crippen molar-refractivity contribution >= 4 is 11.0 Å². The number of para-hydroxylation sites is 1. The molecule has 1 atom stereocenters. The maximum atomic E-state index is 13.6. The third kappa shape index (κ3) is 3.33. The molecule has 3 N–H and O–H groups in total. The van der Waals surface area contributed by atoms with Crippen LogP contribution in [-0.2, 0) is 0 Å². The van der Waals surface area contributed by atoms with E-state index in [1.54, 1.807) is 6.07 Å². The maximum absolute atomic E-state index is 13.6. The molecule has 1 aromatic carbocycles. The average molecular weight is 264 g/mol. The number of benzene rings is 1. The summed E-state index contributed by atoms with van der Waals surface area (Å²) in [5, 5.41) is 0.781. The minimum Gasteiger partial charge on any atom is -0.456 e. The molecule has 4 heteroatoms. The van der Waals surface area contributed by atoms with Crippen LogP contribution in [0.4, 0.5) is 4.39 Å². The summed E-state index contributed by atoms with van der Waals surface area (Å²) in [6.07, 6.45) is 5.60. The quantitative estimate of drug-likeness (QED) is 0.450. The Hall–Kier alpha value is -1.39. The van der Waals surface area contributed by atoms with Gasteiger partial charge in [-0.05, 0) is 18.6 Å². The predicted molar refractivity (Wildman–Crippen MR) is 75.0 cm³/mol. The second-order valence-electron chi connectivity index (χ2n) is 4.88. The van der Waals surface area contributed by atoms with Crippen molar-refractivity contribution in [3.8, 4) is 0 Å². The van der Waals surface area contributed by atoms with Gasteiger partial charge in [0.1, 0.15) is 5.76 Å². The van der Waals surface area contributed by atoms with Gasteiger partial charge in [0.2, 0.25) is 0 Å². The van der Waals surface area contributed by atoms with Crippen molar-refractivity contribution in [3.63, 3.8) is 0 Å². The molecule has 0 saturated heterocycles. The number of nitrogens with two attached hydrogens (primary N) is 1. The molecule has 1 heterocycles. The van der Waals surface area contributed by atoms with Crippen molar-refractivity contribution in [3.05, 3.63) is 35.8 Å². The van der Waals surface area contributed by atoms with Crippen molar-refractivity contribution < 1.29 is 8.81 Å². The number of nitrogens with one attached hydrogen (secondary N) is 1. The fraction of sp³-hybridized carbons (Fsp3) is 0.467. The Labute approximate surface area is 112 Å². The van der Waals surface area contributed by atoms with Gasteiger partial charge in [-0.2, -0.15) is 0 Å². The van der Waals surface area contributed by atoms with Crippen LogP contribution in [0.1, 0.15) is 50.8 Å². The highest BCUT2D eigenvalue weighted by Gasteiger charge is 2.16. The predicted octanol–water partition coefficient (Wildman–Crippen LogP) is 4.05. The van der Waals surface area contributed by atoms with E-state index in [1.807, 2.05) is 12.1 Å². The summed E-state index contributed by atoms with van der Waals surface area (Å²) >= 11 is 0. The van der Waals surface area contributed by atoms with Crippen LogP contribution in [-0.4, -0.2) is 0 Å². The van der Waals surface area contributed by atoms with E-state index >= 15 is 0 Å². The van der Waals surface area contributed by atoms with Gasteiger partial charge < -0.3 is 4.42 Å². The van der Waals surface area contributed by atoms with Crippen molar-refractivity contribution in [2.24, 2.45) is 5.84 Å². The van der Waals surface area contributed by atoms with Gasteiger partial charge >= 0.3 is 0 Å². The van der Waals surface area contributed by atoms with Gasteiger partial charge in [0.25, 0.3) is 0 Å². The lowest BCUT2D eigenvalue weighted by Crippen LogP contribution is -2.27. The number of rotatable bonds is 7. The monoisotopic (exact) mass is 264 g/mol. The number of furan rings is 1. The number of hydrogen-bond acceptors (Lipinski definition) is 3. The molecule has 0 aliphatic carbocycles. The number of fused-ring (bicyclic) bond motifs is 1. The number of halogens is 1. The average Bonchev–Trinajstić information content (AvgIpc) is 2.84. The summed E-state index contributed by atoms with van der Waals surface area (Å²) in [7, 11) is 0. The zero-order chi connectivity index (χ0) is 13.7. The highest BCUT2D eigenvalue weighted by atomic mass is 19.1. The lowest BCUT2D eigenvalue weighted by molar-refractivity contribution is 0.398. The molecule has 0 spiro atoms. The lowest BCUT2D eigenvalue weighted by Gasteiger charge is -2.12. The minimum atomic E-state index is -0.328. The molecule has 0 aliphatic rings. The van der Waals surface area contributed by atoms with E-state index in [2.05, 4.69) is 12.3 Å². The molecule has 19 heavy (non-hydrogen) atoms. The summed E-state index contributed by atoms with van der Waals surface area (Å²) in [6.45, 7) is 2.18. The first-order valence-electron chi connectivity index (χ1n) is 6.90. The third-order valence-electron chi connectivity index (χ3n) is 3.41. The molecule has 0 bridgehead atoms. The highest BCUT2D eigenvalue weighted by molar-refractivity contribution is 5.78. The molecule has 104 valence electrons. The highest BCUT2D eigenvalue weighted by Crippen LogP contribution is 2.28. The molecule has 2 aromatic rings. The largest absolute Gasteiger partial charge is 0.456 e. The molecule has 0 amide bonds. The van der Waals surface area contributed by atoms with Crippen LogP contribution in [0, 0.1) is 5.82 Å². The van der Waals surface area contributed by atoms with E-state index in [4.69, 9.17) is 10.3 Å². The van der Waals surface area contributed by atoms with E-state index in [1.165, 1.54) is 25.3 Å². The van der Waals surface area contributed by atoms with Crippen molar-refractivity contribution in [2.45, 2.75) is 45.1 Å². The second kappa shape index (κ2) is 6.68. The Morgan fingerprint density at radius 1 is 1.32 bits per heavy atom. The first-order valence-corrected chi connectivity index (χ1v) is 6.90. The molecule has 1 unspecified atom stereocenters. The molecule has 0 saturated carbocycles. The summed E-state index contributed by atoms with van der Waals surface area (Å²) < 4.78 is 19.2. The summed E-state index contributed by atoms with van der Waals surface area (Å²) in [6, 6.07) is 6.74. The number of hydrogen-bond donors (Lipinski definition) is 2. The summed E-state index contributed by atoms with van der Waals surface area (Å²) in [5.41, 5.74) is 3.07. The van der Waals surface area contributed by atoms with Crippen LogP contribution < -0.4 is 11.3 Å². The Balaban J connectivity index is 2.10. The first-order chi connectivity index (χ1) is 9.26. The Bertz CT molecular complexity index is 524. The standard InChI is InChI=1S/C15H21FN2O/c1-2-3-4-5-9-13(18-17)14-10-11-7-6-8-12(16)15(11)19-14/h6-8,10,13,18H,2-5,9,17H2,1H3. The van der Waals surface area contributed by atoms with Gasteiger partial charge in [-0.15, -0.1) is 0 Å². The van der Waals surface area contributed by atoms with Crippen molar-refractivity contribution in [2.75, 3.05) is 0 Å². The molecule has 2 rings (SSSR count). The minimum absolute atomic E-state index is 0.0522. The Morgan fingerprint density at radius 2 is 2.16 bits per heavy atom. The molecular weight excluding hydrogens is 243 g/mol. The van der Waals surface area contributed by atoms with Crippen LogP contribution in [0.3, 0.4) is 0 Å². The maximum Gasteiger partial charge on any atom is 0.169 e. The third-order valence-corrected chi connectivity index (χ3v) is 3.41. The van der Waals surface area contributed by atoms with Crippen molar-refractivity contribution in [1.82, 2.24) is 5.43 Å². The van der Waals surface area contributed by atoms with E-state index in [-0.39, 0.29) is 11.9 Å². The van der Waals surface area contributed by atoms with Crippen LogP contribution in [0.5, 0.6) is 0 Å². The zero-order valence-electron chi connectivity index (χ0n) is 11.3. The zero-order valence-corrected chi connectivity index (χ0v) is 11.3. The van der Waals surface area contributed by atoms with Gasteiger partial charge in [0.15, 0.2) is 11.4 Å². The summed E-state index contributed by atoms with van der Waals surface area (Å²) in [4.78, 5) is 0. The van der Waals surface area contributed by atoms with Crippen LogP contribution in [0.25, 0.3) is 11.0 Å². The molecule has 0 radical (unpaired) electrons. The topological polar surface area (TPSA) is 51.2 Å². The fourth-order valence-electron chi connectivity index (χ4n) is 2.30. The van der Waals surface area contributed by atoms with E-state index in [0.717, 1.165) is 18.2 Å². The molecule has 0 fully saturated rings. The first kappa shape index (κ1) is 14.0. The van der Waals surface area contributed by atoms with Crippen LogP contribution in [0.15, 0.2) is 28.7 Å². The smallest absolute Gasteiger partial charge is 0.169 e. The van der Waals surface area contributed by atoms with Crippen molar-refractivity contribution in [1.29, 1.82) is 0 Å². The van der Waals surface area contributed by atoms with Gasteiger partial charge in [0, 0.05) is 5.39 Å². The van der Waals surface area contributed by atoms with Crippen LogP contribution in [0.2, 0.25) is 0 Å². The molecule has 3 nitrogen and oxygen atoms in total. The van der Waals surface area contributed by atoms with Gasteiger partial charge in [0.05, 0.1) is 6.04 Å². The Kier molecular flexibility index (Phi) is 4.93. The SMILES string of the molecule is CCCCCCC(NN)c1cc2cccc(F)c2o1. The molecule has 1 aromatic heterocycles. The van der Waals surface area contributed by atoms with Gasteiger partial charge in [-0.25, -0.2) is 9.82 Å². The number of unbranched alkanes of at least 4 members (excludes halogenated alkanes) is 3. The van der Waals surface area contributed by atoms with Gasteiger partial charge in [-0.1, -0.05) is 44.7 Å². The second-order valence-corrected chi connectivity index (χ2v) is 4.88. The van der Waals surface area contributed by atoms with E-state index < -0.39 is 0 Å². The Morgan fingerprint density at radius 3 is 2.84 bits per heavy atom.